The number of carbonyl (C=O) groups excluding carboxylic acids is 2. The molecular weight excluding hydrogens is 218 g/mol. The summed E-state index contributed by atoms with van der Waals surface area (Å²) in [6.45, 7) is 6.97. The zero-order chi connectivity index (χ0) is 13.1. The standard InChI is InChI=1S/C12H25N3O2/c1-4-15(5-2)12(17)8-10-14-9-6-7-11(16)13-3/h14H,4-10H2,1-3H3,(H,13,16). The zero-order valence-corrected chi connectivity index (χ0v) is 11.2. The minimum absolute atomic E-state index is 0.0611. The van der Waals surface area contributed by atoms with Gasteiger partial charge in [0.1, 0.15) is 0 Å². The third-order valence-corrected chi connectivity index (χ3v) is 2.67. The summed E-state index contributed by atoms with van der Waals surface area (Å²) in [5.41, 5.74) is 0. The predicted molar refractivity (Wildman–Crippen MR) is 68.7 cm³/mol. The largest absolute Gasteiger partial charge is 0.359 e. The summed E-state index contributed by atoms with van der Waals surface area (Å²) in [4.78, 5) is 24.4. The average Bonchev–Trinajstić information content (AvgIpc) is 2.34. The van der Waals surface area contributed by atoms with Gasteiger partial charge in [-0.1, -0.05) is 0 Å². The molecule has 0 radical (unpaired) electrons. The van der Waals surface area contributed by atoms with Crippen LogP contribution in [0.15, 0.2) is 0 Å². The molecule has 0 rings (SSSR count). The van der Waals surface area contributed by atoms with Gasteiger partial charge in [-0.2, -0.15) is 0 Å². The van der Waals surface area contributed by atoms with Gasteiger partial charge in [-0.3, -0.25) is 9.59 Å². The van der Waals surface area contributed by atoms with Crippen LogP contribution in [0.2, 0.25) is 0 Å². The van der Waals surface area contributed by atoms with Crippen LogP contribution in [-0.2, 0) is 9.59 Å². The summed E-state index contributed by atoms with van der Waals surface area (Å²) < 4.78 is 0. The Kier molecular flexibility index (Phi) is 9.43. The SMILES string of the molecule is CCN(CC)C(=O)CCNCCCC(=O)NC. The molecule has 0 aromatic heterocycles. The van der Waals surface area contributed by atoms with Crippen LogP contribution in [0.3, 0.4) is 0 Å². The molecule has 0 bridgehead atoms. The number of amides is 2. The minimum atomic E-state index is 0.0611. The monoisotopic (exact) mass is 243 g/mol. The van der Waals surface area contributed by atoms with Crippen molar-refractivity contribution in [2.24, 2.45) is 0 Å². The first kappa shape index (κ1) is 15.9. The van der Waals surface area contributed by atoms with Crippen molar-refractivity contribution in [2.75, 3.05) is 33.2 Å². The molecule has 0 aliphatic heterocycles. The van der Waals surface area contributed by atoms with E-state index in [4.69, 9.17) is 0 Å². The smallest absolute Gasteiger partial charge is 0.223 e. The number of nitrogens with zero attached hydrogens (tertiary/aromatic N) is 1. The maximum atomic E-state index is 11.6. The van der Waals surface area contributed by atoms with E-state index < -0.39 is 0 Å². The second-order valence-corrected chi connectivity index (χ2v) is 3.84. The van der Waals surface area contributed by atoms with Gasteiger partial charge in [-0.15, -0.1) is 0 Å². The van der Waals surface area contributed by atoms with Crippen molar-refractivity contribution in [1.29, 1.82) is 0 Å². The van der Waals surface area contributed by atoms with Gasteiger partial charge in [0, 0.05) is 39.5 Å². The first-order valence-electron chi connectivity index (χ1n) is 6.34. The molecule has 0 heterocycles. The van der Waals surface area contributed by atoms with Crippen molar-refractivity contribution in [3.63, 3.8) is 0 Å². The van der Waals surface area contributed by atoms with Crippen LogP contribution >= 0.6 is 0 Å². The van der Waals surface area contributed by atoms with Gasteiger partial charge in [-0.25, -0.2) is 0 Å². The van der Waals surface area contributed by atoms with E-state index in [1.807, 2.05) is 18.7 Å². The van der Waals surface area contributed by atoms with Crippen LogP contribution in [-0.4, -0.2) is 49.9 Å². The van der Waals surface area contributed by atoms with E-state index in [1.54, 1.807) is 7.05 Å². The second kappa shape index (κ2) is 10.1. The lowest BCUT2D eigenvalue weighted by molar-refractivity contribution is -0.130. The Morgan fingerprint density at radius 1 is 1.06 bits per heavy atom. The number of carbonyl (C=O) groups is 2. The van der Waals surface area contributed by atoms with Gasteiger partial charge in [0.2, 0.25) is 11.8 Å². The van der Waals surface area contributed by atoms with E-state index in [0.717, 1.165) is 26.1 Å². The maximum absolute atomic E-state index is 11.6. The Balaban J connectivity index is 3.45. The highest BCUT2D eigenvalue weighted by molar-refractivity contribution is 5.76. The number of hydrogen-bond donors (Lipinski definition) is 2. The molecule has 0 unspecified atom stereocenters. The third kappa shape index (κ3) is 7.74. The van der Waals surface area contributed by atoms with Crippen LogP contribution in [0.5, 0.6) is 0 Å². The third-order valence-electron chi connectivity index (χ3n) is 2.67. The molecular formula is C12H25N3O2. The topological polar surface area (TPSA) is 61.4 Å². The first-order valence-corrected chi connectivity index (χ1v) is 6.34. The molecule has 0 spiro atoms. The average molecular weight is 243 g/mol. The molecule has 2 N–H and O–H groups in total. The van der Waals surface area contributed by atoms with Gasteiger partial charge in [0.25, 0.3) is 0 Å². The highest BCUT2D eigenvalue weighted by Gasteiger charge is 2.07. The van der Waals surface area contributed by atoms with E-state index in [1.165, 1.54) is 0 Å². The van der Waals surface area contributed by atoms with Crippen LogP contribution in [0.25, 0.3) is 0 Å². The van der Waals surface area contributed by atoms with Crippen molar-refractivity contribution in [2.45, 2.75) is 33.1 Å². The summed E-state index contributed by atoms with van der Waals surface area (Å²) in [7, 11) is 1.64. The Hall–Kier alpha value is -1.10. The highest BCUT2D eigenvalue weighted by Crippen LogP contribution is 1.93. The molecule has 5 heteroatoms. The first-order chi connectivity index (χ1) is 8.15. The van der Waals surface area contributed by atoms with Crippen LogP contribution in [0.4, 0.5) is 0 Å². The van der Waals surface area contributed by atoms with Crippen molar-refractivity contribution >= 4 is 11.8 Å². The molecule has 0 saturated heterocycles. The molecule has 0 aromatic carbocycles. The number of hydrogen-bond acceptors (Lipinski definition) is 3. The zero-order valence-electron chi connectivity index (χ0n) is 11.2. The Labute approximate surface area is 104 Å². The van der Waals surface area contributed by atoms with E-state index in [2.05, 4.69) is 10.6 Å². The minimum Gasteiger partial charge on any atom is -0.359 e. The molecule has 2 amide bonds. The van der Waals surface area contributed by atoms with Gasteiger partial charge in [0.05, 0.1) is 0 Å². The van der Waals surface area contributed by atoms with Crippen molar-refractivity contribution in [3.8, 4) is 0 Å². The maximum Gasteiger partial charge on any atom is 0.223 e. The molecule has 0 fully saturated rings. The predicted octanol–water partition coefficient (Wildman–Crippen LogP) is 0.361. The number of nitrogens with one attached hydrogen (secondary N) is 2. The summed E-state index contributed by atoms with van der Waals surface area (Å²) in [6, 6.07) is 0. The van der Waals surface area contributed by atoms with Gasteiger partial charge >= 0.3 is 0 Å². The Morgan fingerprint density at radius 3 is 2.24 bits per heavy atom. The molecule has 5 nitrogen and oxygen atoms in total. The van der Waals surface area contributed by atoms with Gasteiger partial charge in [-0.05, 0) is 26.8 Å². The quantitative estimate of drug-likeness (QED) is 0.575. The lowest BCUT2D eigenvalue weighted by Crippen LogP contribution is -2.33. The van der Waals surface area contributed by atoms with Crippen LogP contribution in [0.1, 0.15) is 33.1 Å². The van der Waals surface area contributed by atoms with Gasteiger partial charge < -0.3 is 15.5 Å². The highest BCUT2D eigenvalue weighted by atomic mass is 16.2. The van der Waals surface area contributed by atoms with Crippen molar-refractivity contribution < 1.29 is 9.59 Å². The molecule has 0 atom stereocenters. The van der Waals surface area contributed by atoms with Crippen LogP contribution in [0, 0.1) is 0 Å². The molecule has 0 aromatic rings. The fourth-order valence-corrected chi connectivity index (χ4v) is 1.55. The van der Waals surface area contributed by atoms with E-state index in [0.29, 0.717) is 19.4 Å². The Morgan fingerprint density at radius 2 is 1.71 bits per heavy atom. The van der Waals surface area contributed by atoms with Crippen molar-refractivity contribution in [3.05, 3.63) is 0 Å². The molecule has 100 valence electrons. The Bertz CT molecular complexity index is 228. The summed E-state index contributed by atoms with van der Waals surface area (Å²) in [5.74, 6) is 0.250. The van der Waals surface area contributed by atoms with E-state index in [9.17, 15) is 9.59 Å². The fraction of sp³-hybridized carbons (Fsp3) is 0.833. The van der Waals surface area contributed by atoms with E-state index in [-0.39, 0.29) is 11.8 Å². The van der Waals surface area contributed by atoms with Gasteiger partial charge in [0.15, 0.2) is 0 Å². The van der Waals surface area contributed by atoms with Crippen LogP contribution < -0.4 is 10.6 Å². The molecule has 17 heavy (non-hydrogen) atoms. The lowest BCUT2D eigenvalue weighted by Gasteiger charge is -2.18. The van der Waals surface area contributed by atoms with E-state index >= 15 is 0 Å². The van der Waals surface area contributed by atoms with Crippen molar-refractivity contribution in [1.82, 2.24) is 15.5 Å². The summed E-state index contributed by atoms with van der Waals surface area (Å²) in [5, 5.41) is 5.75. The fourth-order valence-electron chi connectivity index (χ4n) is 1.55. The molecule has 0 saturated carbocycles. The normalized spacial score (nSPS) is 10.1. The molecule has 0 aliphatic rings. The number of rotatable bonds is 9. The summed E-state index contributed by atoms with van der Waals surface area (Å²) in [6.07, 6.45) is 1.87. The lowest BCUT2D eigenvalue weighted by atomic mass is 10.3. The summed E-state index contributed by atoms with van der Waals surface area (Å²) >= 11 is 0. The molecule has 0 aliphatic carbocycles. The second-order valence-electron chi connectivity index (χ2n) is 3.84.